The van der Waals surface area contributed by atoms with E-state index in [4.69, 9.17) is 0 Å². The van der Waals surface area contributed by atoms with Gasteiger partial charge in [-0.2, -0.15) is 0 Å². The Balaban J connectivity index is 0.00000225. The average molecular weight is 418 g/mol. The van der Waals surface area contributed by atoms with Gasteiger partial charge in [-0.3, -0.25) is 4.79 Å². The van der Waals surface area contributed by atoms with Gasteiger partial charge < -0.3 is 15.0 Å². The van der Waals surface area contributed by atoms with Crippen LogP contribution in [0.3, 0.4) is 0 Å². The van der Waals surface area contributed by atoms with Crippen molar-refractivity contribution in [3.63, 3.8) is 0 Å². The molecule has 4 nitrogen and oxygen atoms in total. The maximum Gasteiger partial charge on any atom is 1.00 e. The van der Waals surface area contributed by atoms with Crippen molar-refractivity contribution in [2.75, 3.05) is 0 Å². The minimum absolute atomic E-state index is 0. The van der Waals surface area contributed by atoms with E-state index in [1.807, 2.05) is 13.8 Å². The van der Waals surface area contributed by atoms with Gasteiger partial charge in [0.05, 0.1) is 5.97 Å². The molecular weight excluding hydrogens is 398 g/mol. The Bertz CT molecular complexity index is 1110. The van der Waals surface area contributed by atoms with Crippen molar-refractivity contribution in [3.8, 4) is 5.75 Å². The molecule has 0 heterocycles. The molecule has 0 unspecified atom stereocenters. The third-order valence-electron chi connectivity index (χ3n) is 5.00. The molecule has 0 aliphatic heterocycles. The van der Waals surface area contributed by atoms with Crippen molar-refractivity contribution in [1.82, 2.24) is 0 Å². The third kappa shape index (κ3) is 5.25. The van der Waals surface area contributed by atoms with Gasteiger partial charge in [0.2, 0.25) is 0 Å². The molecule has 0 fully saturated rings. The summed E-state index contributed by atoms with van der Waals surface area (Å²) in [6.45, 7) is 7.10. The molecule has 2 aromatic rings. The van der Waals surface area contributed by atoms with Gasteiger partial charge in [0, 0.05) is 5.56 Å². The predicted molar refractivity (Wildman–Crippen MR) is 105 cm³/mol. The van der Waals surface area contributed by atoms with Crippen LogP contribution in [-0.4, -0.2) is 11.8 Å². The number of aromatic carboxylic acids is 1. The Morgan fingerprint density at radius 3 is 2.00 bits per heavy atom. The number of hydrogen-bond donors (Lipinski definition) is 0. The van der Waals surface area contributed by atoms with E-state index in [1.165, 1.54) is 6.07 Å². The number of hydrogen-bond acceptors (Lipinski definition) is 4. The SMILES string of the molecule is CC1=C/C(=C(/c2cc(C)c([O-])cc2C)c2ccccc2C(=O)[O-])C(C)=CC1=O.[Na+].[Na+]. The van der Waals surface area contributed by atoms with Gasteiger partial charge in [-0.25, -0.2) is 0 Å². The molecule has 1 aliphatic rings. The molecule has 0 saturated carbocycles. The summed E-state index contributed by atoms with van der Waals surface area (Å²) in [5.41, 5.74) is 5.34. The summed E-state index contributed by atoms with van der Waals surface area (Å²) in [5.74, 6) is -1.43. The van der Waals surface area contributed by atoms with Crippen LogP contribution >= 0.6 is 0 Å². The second-order valence-electron chi connectivity index (χ2n) is 7.07. The van der Waals surface area contributed by atoms with E-state index in [-0.39, 0.29) is 76.2 Å². The second-order valence-corrected chi connectivity index (χ2v) is 7.07. The minimum Gasteiger partial charge on any atom is -0.872 e. The zero-order valence-corrected chi connectivity index (χ0v) is 22.3. The molecule has 0 spiro atoms. The summed E-state index contributed by atoms with van der Waals surface area (Å²) in [7, 11) is 0. The van der Waals surface area contributed by atoms with Crippen LogP contribution in [0.15, 0.2) is 65.3 Å². The number of ketones is 1. The molecule has 6 heteroatoms. The van der Waals surface area contributed by atoms with E-state index in [9.17, 15) is 19.8 Å². The van der Waals surface area contributed by atoms with Crippen LogP contribution in [-0.2, 0) is 4.79 Å². The van der Waals surface area contributed by atoms with Crippen molar-refractivity contribution in [3.05, 3.63) is 93.1 Å². The maximum atomic E-state index is 12.1. The summed E-state index contributed by atoms with van der Waals surface area (Å²) in [6, 6.07) is 9.95. The molecule has 0 N–H and O–H groups in total. The quantitative estimate of drug-likeness (QED) is 0.499. The number of benzene rings is 2. The van der Waals surface area contributed by atoms with E-state index in [1.54, 1.807) is 56.3 Å². The molecule has 0 amide bonds. The summed E-state index contributed by atoms with van der Waals surface area (Å²) in [6.07, 6.45) is 3.33. The van der Waals surface area contributed by atoms with Crippen molar-refractivity contribution in [2.24, 2.45) is 0 Å². The number of carboxylic acids is 1. The van der Waals surface area contributed by atoms with Gasteiger partial charge in [-0.1, -0.05) is 42.0 Å². The first-order valence-electron chi connectivity index (χ1n) is 8.95. The van der Waals surface area contributed by atoms with Crippen LogP contribution in [0.4, 0.5) is 0 Å². The summed E-state index contributed by atoms with van der Waals surface area (Å²) < 4.78 is 0. The topological polar surface area (TPSA) is 80.3 Å². The van der Waals surface area contributed by atoms with Gasteiger partial charge in [-0.15, -0.1) is 5.75 Å². The number of carboxylic acid groups (broad SMARTS) is 1. The molecule has 0 radical (unpaired) electrons. The molecular formula is C24H20Na2O4. The first-order chi connectivity index (χ1) is 13.2. The summed E-state index contributed by atoms with van der Waals surface area (Å²) >= 11 is 0. The first-order valence-corrected chi connectivity index (χ1v) is 8.95. The summed E-state index contributed by atoms with van der Waals surface area (Å²) in [5, 5.41) is 23.9. The van der Waals surface area contributed by atoms with Crippen molar-refractivity contribution in [2.45, 2.75) is 27.7 Å². The smallest absolute Gasteiger partial charge is 0.872 e. The fraction of sp³-hybridized carbons (Fsp3) is 0.167. The van der Waals surface area contributed by atoms with Crippen LogP contribution < -0.4 is 69.3 Å². The van der Waals surface area contributed by atoms with Crippen LogP contribution in [0.2, 0.25) is 0 Å². The molecule has 0 bridgehead atoms. The molecule has 0 saturated heterocycles. The third-order valence-corrected chi connectivity index (χ3v) is 5.00. The van der Waals surface area contributed by atoms with Crippen molar-refractivity contribution in [1.29, 1.82) is 0 Å². The van der Waals surface area contributed by atoms with E-state index < -0.39 is 5.97 Å². The van der Waals surface area contributed by atoms with E-state index in [0.717, 1.165) is 22.3 Å². The Morgan fingerprint density at radius 1 is 0.800 bits per heavy atom. The average Bonchev–Trinajstić information content (AvgIpc) is 2.64. The molecule has 1 aliphatic carbocycles. The van der Waals surface area contributed by atoms with Gasteiger partial charge in [0.15, 0.2) is 5.78 Å². The van der Waals surface area contributed by atoms with E-state index in [0.29, 0.717) is 22.3 Å². The largest absolute Gasteiger partial charge is 1.00 e. The molecule has 30 heavy (non-hydrogen) atoms. The Labute approximate surface area is 221 Å². The minimum atomic E-state index is -1.28. The normalized spacial score (nSPS) is 14.7. The number of allylic oxidation sites excluding steroid dienone is 5. The van der Waals surface area contributed by atoms with Crippen LogP contribution in [0.1, 0.15) is 46.5 Å². The number of carbonyl (C=O) groups is 2. The van der Waals surface area contributed by atoms with Crippen molar-refractivity contribution >= 4 is 17.3 Å². The van der Waals surface area contributed by atoms with E-state index in [2.05, 4.69) is 0 Å². The number of aryl methyl sites for hydroxylation is 2. The molecule has 2 aromatic carbocycles. The molecule has 0 aromatic heterocycles. The van der Waals surface area contributed by atoms with Gasteiger partial charge in [0.25, 0.3) is 0 Å². The van der Waals surface area contributed by atoms with E-state index >= 15 is 0 Å². The van der Waals surface area contributed by atoms with Gasteiger partial charge in [-0.05, 0) is 78.8 Å². The molecule has 3 rings (SSSR count). The van der Waals surface area contributed by atoms with Gasteiger partial charge >= 0.3 is 59.1 Å². The van der Waals surface area contributed by atoms with Gasteiger partial charge in [0.1, 0.15) is 0 Å². The standard InChI is InChI=1S/C24H22O4.2Na/c1-13-11-21(25)15(3)9-19(13)23(17-7-5-6-8-18(17)24(27)28)20-10-16(4)22(26)12-14(20)2;;/h5-12,25H,1-4H3,(H,27,28);;/q;2*+1/p-2/b23-20-;;. The second kappa shape index (κ2) is 10.8. The summed E-state index contributed by atoms with van der Waals surface area (Å²) in [4.78, 5) is 23.9. The van der Waals surface area contributed by atoms with Crippen LogP contribution in [0.5, 0.6) is 5.75 Å². The molecule has 0 atom stereocenters. The Hall–Kier alpha value is -1.40. The number of rotatable bonds is 3. The zero-order chi connectivity index (χ0) is 20.6. The maximum absolute atomic E-state index is 12.1. The predicted octanol–water partition coefficient (Wildman–Crippen LogP) is -2.97. The fourth-order valence-electron chi connectivity index (χ4n) is 3.43. The fourth-order valence-corrected chi connectivity index (χ4v) is 3.43. The monoisotopic (exact) mass is 418 g/mol. The van der Waals surface area contributed by atoms with Crippen LogP contribution in [0, 0.1) is 13.8 Å². The zero-order valence-electron chi connectivity index (χ0n) is 18.3. The van der Waals surface area contributed by atoms with Crippen molar-refractivity contribution < 1.29 is 78.9 Å². The van der Waals surface area contributed by atoms with Crippen LogP contribution in [0.25, 0.3) is 5.57 Å². The molecule has 142 valence electrons. The Morgan fingerprint density at radius 2 is 1.40 bits per heavy atom. The Kier molecular flexibility index (Phi) is 9.55. The first kappa shape index (κ1) is 26.6. The number of carbonyl (C=O) groups excluding carboxylic acids is 2.